The van der Waals surface area contributed by atoms with Crippen molar-refractivity contribution in [2.24, 2.45) is 16.1 Å². The van der Waals surface area contributed by atoms with Crippen molar-refractivity contribution >= 4 is 29.9 Å². The van der Waals surface area contributed by atoms with Gasteiger partial charge in [-0.1, -0.05) is 0 Å². The third-order valence-electron chi connectivity index (χ3n) is 3.45. The van der Waals surface area contributed by atoms with Crippen molar-refractivity contribution in [2.75, 3.05) is 19.8 Å². The molecule has 0 radical (unpaired) electrons. The van der Waals surface area contributed by atoms with Crippen LogP contribution in [-0.2, 0) is 4.74 Å². The Morgan fingerprint density at radius 1 is 1.47 bits per heavy atom. The number of halogens is 1. The highest BCUT2D eigenvalue weighted by molar-refractivity contribution is 14.0. The minimum absolute atomic E-state index is 0. The average molecular weight is 353 g/mol. The molecule has 17 heavy (non-hydrogen) atoms. The van der Waals surface area contributed by atoms with Crippen molar-refractivity contribution in [1.29, 1.82) is 0 Å². The fraction of sp³-hybridized carbons (Fsp3) is 0.917. The van der Waals surface area contributed by atoms with Gasteiger partial charge in [0, 0.05) is 25.8 Å². The predicted molar refractivity (Wildman–Crippen MR) is 80.8 cm³/mol. The molecule has 0 aromatic heterocycles. The van der Waals surface area contributed by atoms with E-state index in [4.69, 9.17) is 10.5 Å². The van der Waals surface area contributed by atoms with Crippen LogP contribution in [0.2, 0.25) is 0 Å². The minimum atomic E-state index is 0. The van der Waals surface area contributed by atoms with Gasteiger partial charge in [-0.2, -0.15) is 0 Å². The van der Waals surface area contributed by atoms with E-state index in [1.807, 2.05) is 6.92 Å². The predicted octanol–water partition coefficient (Wildman–Crippen LogP) is 1.88. The number of hydrogen-bond acceptors (Lipinski definition) is 2. The van der Waals surface area contributed by atoms with Crippen LogP contribution in [0.4, 0.5) is 0 Å². The van der Waals surface area contributed by atoms with Crippen LogP contribution < -0.4 is 11.1 Å². The second-order valence-electron chi connectivity index (χ2n) is 5.07. The summed E-state index contributed by atoms with van der Waals surface area (Å²) in [7, 11) is 0. The number of ether oxygens (including phenoxy) is 1. The molecule has 0 aromatic rings. The number of nitrogens with zero attached hydrogens (tertiary/aromatic N) is 1. The van der Waals surface area contributed by atoms with E-state index in [0.29, 0.717) is 17.4 Å². The number of guanidine groups is 1. The van der Waals surface area contributed by atoms with Crippen LogP contribution in [0, 0.1) is 5.41 Å². The summed E-state index contributed by atoms with van der Waals surface area (Å²) in [6, 6.07) is 0.599. The average Bonchev–Trinajstić information content (AvgIpc) is 3.13. The van der Waals surface area contributed by atoms with Crippen LogP contribution in [0.15, 0.2) is 4.99 Å². The molecule has 0 aliphatic heterocycles. The molecule has 0 bridgehead atoms. The molecule has 0 saturated heterocycles. The summed E-state index contributed by atoms with van der Waals surface area (Å²) < 4.78 is 5.40. The summed E-state index contributed by atoms with van der Waals surface area (Å²) >= 11 is 0. The first-order valence-corrected chi connectivity index (χ1v) is 6.38. The first-order valence-electron chi connectivity index (χ1n) is 6.38. The highest BCUT2D eigenvalue weighted by Crippen LogP contribution is 2.48. The molecule has 2 fully saturated rings. The summed E-state index contributed by atoms with van der Waals surface area (Å²) in [5, 5.41) is 3.22. The van der Waals surface area contributed by atoms with Gasteiger partial charge < -0.3 is 15.8 Å². The second-order valence-corrected chi connectivity index (χ2v) is 5.07. The van der Waals surface area contributed by atoms with E-state index in [-0.39, 0.29) is 24.0 Å². The molecule has 3 N–H and O–H groups in total. The Hall–Kier alpha value is -0.0400. The van der Waals surface area contributed by atoms with Gasteiger partial charge in [-0.15, -0.1) is 24.0 Å². The molecule has 0 amide bonds. The molecule has 2 saturated carbocycles. The zero-order chi connectivity index (χ0) is 11.4. The molecule has 0 aromatic carbocycles. The number of rotatable bonds is 7. The van der Waals surface area contributed by atoms with Gasteiger partial charge in [0.2, 0.25) is 0 Å². The molecular weight excluding hydrogens is 329 g/mol. The fourth-order valence-electron chi connectivity index (χ4n) is 1.83. The highest BCUT2D eigenvalue weighted by atomic mass is 127. The summed E-state index contributed by atoms with van der Waals surface area (Å²) in [5.41, 5.74) is 6.22. The first-order chi connectivity index (χ1) is 7.74. The molecule has 0 spiro atoms. The molecule has 2 aliphatic rings. The Balaban J connectivity index is 0.00000144. The number of nitrogens with two attached hydrogens (primary N) is 1. The number of nitrogens with one attached hydrogen (secondary N) is 1. The molecule has 5 heteroatoms. The fourth-order valence-corrected chi connectivity index (χ4v) is 1.83. The molecule has 4 nitrogen and oxygen atoms in total. The van der Waals surface area contributed by atoms with Gasteiger partial charge >= 0.3 is 0 Å². The van der Waals surface area contributed by atoms with E-state index in [1.165, 1.54) is 25.7 Å². The Morgan fingerprint density at radius 3 is 2.71 bits per heavy atom. The molecule has 0 unspecified atom stereocenters. The maximum absolute atomic E-state index is 5.81. The number of hydrogen-bond donors (Lipinski definition) is 2. The first kappa shape index (κ1) is 15.0. The minimum Gasteiger partial charge on any atom is -0.382 e. The standard InChI is InChI=1S/C12H23N3O.HI/c1-2-16-8-7-12(5-6-12)9-14-11(13)15-10-3-4-10;/h10H,2-9H2,1H3,(H3,13,14,15);1H. The van der Waals surface area contributed by atoms with Gasteiger partial charge in [0.1, 0.15) is 0 Å². The Morgan fingerprint density at radius 2 is 2.18 bits per heavy atom. The Bertz CT molecular complexity index is 262. The quantitative estimate of drug-likeness (QED) is 0.318. The smallest absolute Gasteiger partial charge is 0.188 e. The third kappa shape index (κ3) is 5.42. The van der Waals surface area contributed by atoms with Crippen LogP contribution in [0.3, 0.4) is 0 Å². The van der Waals surface area contributed by atoms with Gasteiger partial charge in [-0.05, 0) is 44.4 Å². The lowest BCUT2D eigenvalue weighted by atomic mass is 10.0. The van der Waals surface area contributed by atoms with Gasteiger partial charge in [0.25, 0.3) is 0 Å². The molecule has 0 heterocycles. The molecule has 2 rings (SSSR count). The van der Waals surface area contributed by atoms with Crippen molar-refractivity contribution in [3.8, 4) is 0 Å². The van der Waals surface area contributed by atoms with Crippen LogP contribution in [0.5, 0.6) is 0 Å². The summed E-state index contributed by atoms with van der Waals surface area (Å²) in [6.45, 7) is 4.58. The van der Waals surface area contributed by atoms with E-state index in [2.05, 4.69) is 10.3 Å². The van der Waals surface area contributed by atoms with Gasteiger partial charge in [-0.25, -0.2) is 0 Å². The van der Waals surface area contributed by atoms with Crippen molar-refractivity contribution < 1.29 is 4.74 Å². The SMILES string of the molecule is CCOCCC1(CN=C(N)NC2CC2)CC1.I. The molecular formula is C12H24IN3O. The molecule has 2 aliphatic carbocycles. The van der Waals surface area contributed by atoms with Crippen molar-refractivity contribution in [2.45, 2.75) is 45.1 Å². The van der Waals surface area contributed by atoms with Crippen molar-refractivity contribution in [1.82, 2.24) is 5.32 Å². The maximum atomic E-state index is 5.81. The van der Waals surface area contributed by atoms with Crippen LogP contribution in [0.1, 0.15) is 39.0 Å². The van der Waals surface area contributed by atoms with Gasteiger partial charge in [0.15, 0.2) is 5.96 Å². The monoisotopic (exact) mass is 353 g/mol. The normalized spacial score (nSPS) is 21.8. The van der Waals surface area contributed by atoms with E-state index < -0.39 is 0 Å². The lowest BCUT2D eigenvalue weighted by Gasteiger charge is -2.12. The van der Waals surface area contributed by atoms with E-state index in [0.717, 1.165) is 26.2 Å². The Labute approximate surface area is 121 Å². The maximum Gasteiger partial charge on any atom is 0.188 e. The third-order valence-corrected chi connectivity index (χ3v) is 3.45. The van der Waals surface area contributed by atoms with Gasteiger partial charge in [-0.3, -0.25) is 4.99 Å². The summed E-state index contributed by atoms with van der Waals surface area (Å²) in [5.74, 6) is 0.630. The number of aliphatic imine (C=N–C) groups is 1. The summed E-state index contributed by atoms with van der Waals surface area (Å²) in [6.07, 6.45) is 6.17. The zero-order valence-electron chi connectivity index (χ0n) is 10.6. The molecule has 0 atom stereocenters. The zero-order valence-corrected chi connectivity index (χ0v) is 12.9. The van der Waals surface area contributed by atoms with E-state index in [1.54, 1.807) is 0 Å². The lowest BCUT2D eigenvalue weighted by Crippen LogP contribution is -2.34. The van der Waals surface area contributed by atoms with Crippen molar-refractivity contribution in [3.05, 3.63) is 0 Å². The summed E-state index contributed by atoms with van der Waals surface area (Å²) in [4.78, 5) is 4.44. The van der Waals surface area contributed by atoms with Crippen LogP contribution >= 0.6 is 24.0 Å². The molecule has 100 valence electrons. The second kappa shape index (κ2) is 6.78. The Kier molecular flexibility index (Phi) is 5.99. The topological polar surface area (TPSA) is 59.6 Å². The van der Waals surface area contributed by atoms with Crippen molar-refractivity contribution in [3.63, 3.8) is 0 Å². The lowest BCUT2D eigenvalue weighted by molar-refractivity contribution is 0.129. The van der Waals surface area contributed by atoms with E-state index in [9.17, 15) is 0 Å². The van der Waals surface area contributed by atoms with Crippen LogP contribution in [0.25, 0.3) is 0 Å². The van der Waals surface area contributed by atoms with Gasteiger partial charge in [0.05, 0.1) is 0 Å². The van der Waals surface area contributed by atoms with E-state index >= 15 is 0 Å². The largest absolute Gasteiger partial charge is 0.382 e. The highest BCUT2D eigenvalue weighted by Gasteiger charge is 2.41. The van der Waals surface area contributed by atoms with Crippen LogP contribution in [-0.4, -0.2) is 31.8 Å².